The van der Waals surface area contributed by atoms with Crippen molar-refractivity contribution in [2.45, 2.75) is 13.3 Å². The van der Waals surface area contributed by atoms with Crippen molar-refractivity contribution >= 4 is 0 Å². The Morgan fingerprint density at radius 3 is 3.05 bits per heavy atom. The van der Waals surface area contributed by atoms with Gasteiger partial charge in [0.25, 0.3) is 0 Å². The molecule has 5 nitrogen and oxygen atoms in total. The zero-order valence-corrected chi connectivity index (χ0v) is 11.5. The summed E-state index contributed by atoms with van der Waals surface area (Å²) in [4.78, 5) is 3.81. The molecular formula is C15H14FN3O2. The predicted octanol–water partition coefficient (Wildman–Crippen LogP) is 2.95. The lowest BCUT2D eigenvalue weighted by molar-refractivity contribution is 0.0750. The lowest BCUT2D eigenvalue weighted by Crippen LogP contribution is -1.86. The van der Waals surface area contributed by atoms with Crippen molar-refractivity contribution in [1.29, 1.82) is 0 Å². The molecule has 2 aromatic rings. The van der Waals surface area contributed by atoms with Crippen molar-refractivity contribution in [3.8, 4) is 11.4 Å². The van der Waals surface area contributed by atoms with Gasteiger partial charge in [-0.2, -0.15) is 9.49 Å². The Balaban J connectivity index is 1.68. The first-order valence-corrected chi connectivity index (χ1v) is 6.52. The van der Waals surface area contributed by atoms with Gasteiger partial charge in [-0.15, -0.1) is 0 Å². The molecule has 21 heavy (non-hydrogen) atoms. The first-order chi connectivity index (χ1) is 10.2. The fourth-order valence-electron chi connectivity index (χ4n) is 1.96. The molecule has 0 spiro atoms. The molecule has 2 aromatic heterocycles. The van der Waals surface area contributed by atoms with Crippen molar-refractivity contribution < 1.29 is 13.9 Å². The van der Waals surface area contributed by atoms with Crippen LogP contribution in [0.2, 0.25) is 0 Å². The topological polar surface area (TPSA) is 60.0 Å². The summed E-state index contributed by atoms with van der Waals surface area (Å²) in [6.45, 7) is 2.12. The monoisotopic (exact) mass is 287 g/mol. The Hall–Kier alpha value is -2.63. The third kappa shape index (κ3) is 3.10. The summed E-state index contributed by atoms with van der Waals surface area (Å²) in [5.74, 6) is 1.000. The molecule has 0 fully saturated rings. The molecule has 1 aliphatic heterocycles. The Kier molecular flexibility index (Phi) is 3.68. The molecule has 0 saturated heterocycles. The van der Waals surface area contributed by atoms with E-state index in [4.69, 9.17) is 9.47 Å². The summed E-state index contributed by atoms with van der Waals surface area (Å²) in [6, 6.07) is 6.50. The van der Waals surface area contributed by atoms with Gasteiger partial charge in [0, 0.05) is 6.42 Å². The van der Waals surface area contributed by atoms with Gasteiger partial charge < -0.3 is 9.47 Å². The van der Waals surface area contributed by atoms with E-state index >= 15 is 0 Å². The summed E-state index contributed by atoms with van der Waals surface area (Å²) in [5, 5.41) is 7.03. The fraction of sp³-hybridized carbons (Fsp3) is 0.200. The van der Waals surface area contributed by atoms with Crippen LogP contribution in [0.25, 0.3) is 11.4 Å². The highest BCUT2D eigenvalue weighted by Gasteiger charge is 2.09. The van der Waals surface area contributed by atoms with Gasteiger partial charge in [0.15, 0.2) is 5.76 Å². The Morgan fingerprint density at radius 1 is 1.38 bits per heavy atom. The van der Waals surface area contributed by atoms with E-state index in [1.165, 1.54) is 6.07 Å². The molecule has 0 aromatic carbocycles. The third-order valence-electron chi connectivity index (χ3n) is 3.06. The number of rotatable bonds is 4. The van der Waals surface area contributed by atoms with Crippen molar-refractivity contribution in [2.75, 3.05) is 6.79 Å². The molecule has 6 heteroatoms. The van der Waals surface area contributed by atoms with Crippen LogP contribution in [0.3, 0.4) is 0 Å². The summed E-state index contributed by atoms with van der Waals surface area (Å²) in [6.07, 6.45) is 4.43. The number of aromatic amines is 1. The third-order valence-corrected chi connectivity index (χ3v) is 3.06. The molecule has 1 N–H and O–H groups in total. The van der Waals surface area contributed by atoms with Crippen molar-refractivity contribution in [1.82, 2.24) is 15.2 Å². The van der Waals surface area contributed by atoms with Crippen molar-refractivity contribution in [2.24, 2.45) is 0 Å². The maximum absolute atomic E-state index is 13.1. The van der Waals surface area contributed by atoms with Crippen LogP contribution >= 0.6 is 0 Å². The van der Waals surface area contributed by atoms with Gasteiger partial charge in [0.05, 0.1) is 17.1 Å². The molecule has 3 heterocycles. The molecule has 0 bridgehead atoms. The Morgan fingerprint density at radius 2 is 2.29 bits per heavy atom. The van der Waals surface area contributed by atoms with E-state index in [1.807, 2.05) is 25.1 Å². The smallest absolute Gasteiger partial charge is 0.230 e. The first-order valence-electron chi connectivity index (χ1n) is 6.52. The highest BCUT2D eigenvalue weighted by atomic mass is 19.1. The molecule has 0 unspecified atom stereocenters. The zero-order chi connectivity index (χ0) is 14.7. The van der Waals surface area contributed by atoms with Gasteiger partial charge in [0.2, 0.25) is 12.7 Å². The van der Waals surface area contributed by atoms with Gasteiger partial charge in [-0.25, -0.2) is 4.98 Å². The number of nitrogens with one attached hydrogen (secondary N) is 1. The molecule has 0 aliphatic carbocycles. The van der Waals surface area contributed by atoms with Crippen LogP contribution < -0.4 is 0 Å². The SMILES string of the molecule is CC1=C(/C=C\Cc2cc(-c3cccc(F)n3)[nH]n2)OCO1. The van der Waals surface area contributed by atoms with Crippen LogP contribution in [0.4, 0.5) is 4.39 Å². The molecule has 0 amide bonds. The number of allylic oxidation sites excluding steroid dienone is 3. The van der Waals surface area contributed by atoms with Crippen molar-refractivity contribution in [3.05, 3.63) is 59.6 Å². The molecular weight excluding hydrogens is 273 g/mol. The van der Waals surface area contributed by atoms with Crippen LogP contribution in [0, 0.1) is 5.95 Å². The van der Waals surface area contributed by atoms with Crippen LogP contribution in [0.1, 0.15) is 12.6 Å². The normalized spacial score (nSPS) is 14.6. The predicted molar refractivity (Wildman–Crippen MR) is 74.4 cm³/mol. The van der Waals surface area contributed by atoms with Crippen molar-refractivity contribution in [3.63, 3.8) is 0 Å². The van der Waals surface area contributed by atoms with Gasteiger partial charge in [-0.1, -0.05) is 12.1 Å². The zero-order valence-electron chi connectivity index (χ0n) is 11.5. The van der Waals surface area contributed by atoms with E-state index in [0.29, 0.717) is 17.8 Å². The van der Waals surface area contributed by atoms with E-state index in [0.717, 1.165) is 17.2 Å². The highest BCUT2D eigenvalue weighted by Crippen LogP contribution is 2.18. The summed E-state index contributed by atoms with van der Waals surface area (Å²) < 4.78 is 23.5. The molecule has 3 rings (SSSR count). The Labute approximate surface area is 121 Å². The summed E-state index contributed by atoms with van der Waals surface area (Å²) in [5.41, 5.74) is 2.06. The number of ether oxygens (including phenoxy) is 2. The average molecular weight is 287 g/mol. The number of hydrogen-bond donors (Lipinski definition) is 1. The molecule has 0 saturated carbocycles. The van der Waals surface area contributed by atoms with Gasteiger partial charge in [0.1, 0.15) is 5.76 Å². The van der Waals surface area contributed by atoms with E-state index in [9.17, 15) is 4.39 Å². The Bertz CT molecular complexity index is 706. The minimum Gasteiger partial charge on any atom is -0.458 e. The second-order valence-electron chi connectivity index (χ2n) is 4.55. The lowest BCUT2D eigenvalue weighted by atomic mass is 10.2. The lowest BCUT2D eigenvalue weighted by Gasteiger charge is -1.94. The first kappa shape index (κ1) is 13.4. The van der Waals surface area contributed by atoms with Gasteiger partial charge >= 0.3 is 0 Å². The number of hydrogen-bond acceptors (Lipinski definition) is 4. The van der Waals surface area contributed by atoms with E-state index < -0.39 is 5.95 Å². The number of H-pyrrole nitrogens is 1. The van der Waals surface area contributed by atoms with Gasteiger partial charge in [-0.05, 0) is 31.2 Å². The second kappa shape index (κ2) is 5.78. The summed E-state index contributed by atoms with van der Waals surface area (Å²) in [7, 11) is 0. The van der Waals surface area contributed by atoms with E-state index in [1.54, 1.807) is 12.1 Å². The molecule has 0 radical (unpaired) electrons. The fourth-order valence-corrected chi connectivity index (χ4v) is 1.96. The van der Waals surface area contributed by atoms with Crippen LogP contribution in [0.5, 0.6) is 0 Å². The van der Waals surface area contributed by atoms with E-state index in [-0.39, 0.29) is 6.79 Å². The second-order valence-corrected chi connectivity index (χ2v) is 4.55. The molecule has 0 atom stereocenters. The highest BCUT2D eigenvalue weighted by molar-refractivity contribution is 5.53. The minimum atomic E-state index is -0.510. The minimum absolute atomic E-state index is 0.267. The number of pyridine rings is 1. The maximum atomic E-state index is 13.1. The summed E-state index contributed by atoms with van der Waals surface area (Å²) >= 11 is 0. The number of nitrogens with zero attached hydrogens (tertiary/aromatic N) is 2. The average Bonchev–Trinajstić information content (AvgIpc) is 3.09. The quantitative estimate of drug-likeness (QED) is 0.878. The maximum Gasteiger partial charge on any atom is 0.230 e. The molecule has 1 aliphatic rings. The number of halogens is 1. The number of aromatic nitrogens is 3. The standard InChI is InChI=1S/C15H14FN3O2/c1-10-14(21-9-20-10)6-2-4-11-8-13(19-18-11)12-5-3-7-15(16)17-12/h2-3,5-8H,4,9H2,1H3,(H,18,19)/b6-2-. The van der Waals surface area contributed by atoms with Crippen LogP contribution in [-0.2, 0) is 15.9 Å². The van der Waals surface area contributed by atoms with Crippen LogP contribution in [0.15, 0.2) is 47.9 Å². The molecule has 108 valence electrons. The van der Waals surface area contributed by atoms with E-state index in [2.05, 4.69) is 15.2 Å². The van der Waals surface area contributed by atoms with Crippen LogP contribution in [-0.4, -0.2) is 22.0 Å². The largest absolute Gasteiger partial charge is 0.458 e. The van der Waals surface area contributed by atoms with Gasteiger partial charge in [-0.3, -0.25) is 5.10 Å².